The van der Waals surface area contributed by atoms with Crippen molar-refractivity contribution >= 4 is 22.5 Å². The number of aryl methyl sites for hydroxylation is 4. The Morgan fingerprint density at radius 1 is 0.971 bits per heavy atom. The molecule has 2 aromatic carbocycles. The van der Waals surface area contributed by atoms with Gasteiger partial charge in [-0.3, -0.25) is 9.08 Å². The van der Waals surface area contributed by atoms with Gasteiger partial charge in [-0.25, -0.2) is 9.97 Å². The van der Waals surface area contributed by atoms with Crippen molar-refractivity contribution in [3.05, 3.63) is 65.5 Å². The quantitative estimate of drug-likeness (QED) is 0.295. The van der Waals surface area contributed by atoms with Gasteiger partial charge in [-0.1, -0.05) is 30.3 Å². The number of aromatic nitrogens is 5. The van der Waals surface area contributed by atoms with E-state index in [1.165, 1.54) is 11.1 Å². The Kier molecular flexibility index (Phi) is 6.26. The van der Waals surface area contributed by atoms with Gasteiger partial charge >= 0.3 is 0 Å². The standard InChI is InChI=1S/C28H32N6O/c1-6-35-14-10-13-29-27-26(22-17-33(5)32-20(22)4)31-28-25(21-11-8-7-9-12-21)30-23-15-18(2)19(3)16-24(23)34(27)28/h7-9,11-12,15-17,29H,6,10,13-14H2,1-5H3. The van der Waals surface area contributed by atoms with Crippen LogP contribution in [-0.2, 0) is 11.8 Å². The number of imidazole rings is 1. The van der Waals surface area contributed by atoms with E-state index >= 15 is 0 Å². The molecule has 1 N–H and O–H groups in total. The third-order valence-corrected chi connectivity index (χ3v) is 6.43. The number of nitrogens with one attached hydrogen (secondary N) is 1. The average molecular weight is 469 g/mol. The molecule has 7 heteroatoms. The Morgan fingerprint density at radius 2 is 1.74 bits per heavy atom. The van der Waals surface area contributed by atoms with Crippen molar-refractivity contribution in [1.82, 2.24) is 24.1 Å². The SMILES string of the molecule is CCOCCCNc1c(-c2cn(C)nc2C)nc2c(-c3ccccc3)nc3cc(C)c(C)cc3n12. The smallest absolute Gasteiger partial charge is 0.166 e. The van der Waals surface area contributed by atoms with Gasteiger partial charge in [-0.2, -0.15) is 5.10 Å². The number of nitrogens with zero attached hydrogens (tertiary/aromatic N) is 5. The third-order valence-electron chi connectivity index (χ3n) is 6.43. The normalized spacial score (nSPS) is 11.6. The zero-order chi connectivity index (χ0) is 24.5. The van der Waals surface area contributed by atoms with Crippen LogP contribution in [0.15, 0.2) is 48.7 Å². The molecule has 0 aliphatic rings. The lowest BCUT2D eigenvalue weighted by atomic mass is 10.1. The van der Waals surface area contributed by atoms with Gasteiger partial charge < -0.3 is 10.1 Å². The minimum atomic E-state index is 0.720. The molecule has 7 nitrogen and oxygen atoms in total. The van der Waals surface area contributed by atoms with Crippen LogP contribution in [-0.4, -0.2) is 43.9 Å². The van der Waals surface area contributed by atoms with Crippen LogP contribution in [0.3, 0.4) is 0 Å². The van der Waals surface area contributed by atoms with Crippen molar-refractivity contribution in [2.45, 2.75) is 34.1 Å². The average Bonchev–Trinajstić information content (AvgIpc) is 3.39. The van der Waals surface area contributed by atoms with Crippen LogP contribution in [0, 0.1) is 20.8 Å². The van der Waals surface area contributed by atoms with E-state index in [0.717, 1.165) is 76.9 Å². The third kappa shape index (κ3) is 4.28. The van der Waals surface area contributed by atoms with Crippen LogP contribution in [0.4, 0.5) is 5.82 Å². The van der Waals surface area contributed by atoms with Crippen molar-refractivity contribution < 1.29 is 4.74 Å². The minimum absolute atomic E-state index is 0.720. The lowest BCUT2D eigenvalue weighted by Crippen LogP contribution is -2.09. The van der Waals surface area contributed by atoms with E-state index in [1.807, 2.05) is 50.0 Å². The summed E-state index contributed by atoms with van der Waals surface area (Å²) in [4.78, 5) is 10.3. The van der Waals surface area contributed by atoms with E-state index in [1.54, 1.807) is 0 Å². The molecule has 0 atom stereocenters. The zero-order valence-electron chi connectivity index (χ0n) is 21.1. The maximum absolute atomic E-state index is 5.57. The molecular formula is C28H32N6O. The van der Waals surface area contributed by atoms with E-state index in [-0.39, 0.29) is 0 Å². The first kappa shape index (κ1) is 23.1. The molecule has 0 bridgehead atoms. The summed E-state index contributed by atoms with van der Waals surface area (Å²) in [5, 5.41) is 8.28. The molecule has 0 radical (unpaired) electrons. The van der Waals surface area contributed by atoms with E-state index in [4.69, 9.17) is 14.7 Å². The molecule has 5 aromatic rings. The maximum atomic E-state index is 5.57. The summed E-state index contributed by atoms with van der Waals surface area (Å²) in [5.41, 5.74) is 10.0. The Balaban J connectivity index is 1.82. The first-order chi connectivity index (χ1) is 17.0. The minimum Gasteiger partial charge on any atom is -0.382 e. The highest BCUT2D eigenvalue weighted by molar-refractivity contribution is 5.92. The zero-order valence-corrected chi connectivity index (χ0v) is 21.1. The molecule has 0 unspecified atom stereocenters. The first-order valence-electron chi connectivity index (χ1n) is 12.2. The fourth-order valence-corrected chi connectivity index (χ4v) is 4.54. The summed E-state index contributed by atoms with van der Waals surface area (Å²) in [6.45, 7) is 10.5. The summed E-state index contributed by atoms with van der Waals surface area (Å²) in [6.07, 6.45) is 2.94. The first-order valence-corrected chi connectivity index (χ1v) is 12.2. The Morgan fingerprint density at radius 3 is 2.46 bits per heavy atom. The highest BCUT2D eigenvalue weighted by Crippen LogP contribution is 2.37. The van der Waals surface area contributed by atoms with E-state index < -0.39 is 0 Å². The number of fused-ring (bicyclic) bond motifs is 3. The molecule has 0 saturated heterocycles. The molecule has 35 heavy (non-hydrogen) atoms. The molecule has 0 spiro atoms. The van der Waals surface area contributed by atoms with E-state index in [2.05, 4.69) is 52.9 Å². The predicted octanol–water partition coefficient (Wildman–Crippen LogP) is 5.71. The van der Waals surface area contributed by atoms with Gasteiger partial charge in [-0.05, 0) is 57.4 Å². The van der Waals surface area contributed by atoms with E-state index in [9.17, 15) is 0 Å². The second kappa shape index (κ2) is 9.50. The van der Waals surface area contributed by atoms with Crippen LogP contribution in [0.5, 0.6) is 0 Å². The predicted molar refractivity (Wildman–Crippen MR) is 142 cm³/mol. The number of hydrogen-bond donors (Lipinski definition) is 1. The molecule has 3 aromatic heterocycles. The second-order valence-electron chi connectivity index (χ2n) is 9.00. The monoisotopic (exact) mass is 468 g/mol. The lowest BCUT2D eigenvalue weighted by molar-refractivity contribution is 0.147. The van der Waals surface area contributed by atoms with Crippen molar-refractivity contribution in [1.29, 1.82) is 0 Å². The van der Waals surface area contributed by atoms with Crippen molar-refractivity contribution in [2.75, 3.05) is 25.1 Å². The largest absolute Gasteiger partial charge is 0.382 e. The fraction of sp³-hybridized carbons (Fsp3) is 0.321. The van der Waals surface area contributed by atoms with Crippen LogP contribution < -0.4 is 5.32 Å². The molecule has 0 amide bonds. The second-order valence-corrected chi connectivity index (χ2v) is 9.00. The van der Waals surface area contributed by atoms with Gasteiger partial charge in [0, 0.05) is 44.1 Å². The summed E-state index contributed by atoms with van der Waals surface area (Å²) in [5.74, 6) is 0.959. The summed E-state index contributed by atoms with van der Waals surface area (Å²) < 4.78 is 9.65. The molecular weight excluding hydrogens is 436 g/mol. The molecule has 0 fully saturated rings. The molecule has 0 saturated carbocycles. The lowest BCUT2D eigenvalue weighted by Gasteiger charge is -2.13. The molecule has 3 heterocycles. The van der Waals surface area contributed by atoms with Gasteiger partial charge in [0.25, 0.3) is 0 Å². The van der Waals surface area contributed by atoms with Crippen LogP contribution >= 0.6 is 0 Å². The fourth-order valence-electron chi connectivity index (χ4n) is 4.54. The van der Waals surface area contributed by atoms with Crippen molar-refractivity contribution in [3.8, 4) is 22.5 Å². The Bertz CT molecular complexity index is 1500. The van der Waals surface area contributed by atoms with Gasteiger partial charge in [0.2, 0.25) is 0 Å². The number of rotatable bonds is 8. The van der Waals surface area contributed by atoms with Gasteiger partial charge in [0.1, 0.15) is 17.2 Å². The summed E-state index contributed by atoms with van der Waals surface area (Å²) in [6, 6.07) is 14.7. The highest BCUT2D eigenvalue weighted by atomic mass is 16.5. The molecule has 5 rings (SSSR count). The molecule has 180 valence electrons. The summed E-state index contributed by atoms with van der Waals surface area (Å²) >= 11 is 0. The number of benzene rings is 2. The van der Waals surface area contributed by atoms with Gasteiger partial charge in [0.15, 0.2) is 5.65 Å². The number of hydrogen-bond acceptors (Lipinski definition) is 5. The van der Waals surface area contributed by atoms with Gasteiger partial charge in [-0.15, -0.1) is 0 Å². The Hall–Kier alpha value is -3.71. The topological polar surface area (TPSA) is 69.3 Å². The molecule has 0 aliphatic carbocycles. The van der Waals surface area contributed by atoms with E-state index in [0.29, 0.717) is 0 Å². The maximum Gasteiger partial charge on any atom is 0.166 e. The highest BCUT2D eigenvalue weighted by Gasteiger charge is 2.23. The van der Waals surface area contributed by atoms with Crippen LogP contribution in [0.1, 0.15) is 30.2 Å². The summed E-state index contributed by atoms with van der Waals surface area (Å²) in [7, 11) is 1.94. The number of ether oxygens (including phenoxy) is 1. The number of anilines is 1. The van der Waals surface area contributed by atoms with Crippen LogP contribution in [0.2, 0.25) is 0 Å². The van der Waals surface area contributed by atoms with Crippen molar-refractivity contribution in [3.63, 3.8) is 0 Å². The Labute approximate surface area is 205 Å². The van der Waals surface area contributed by atoms with Crippen molar-refractivity contribution in [2.24, 2.45) is 7.05 Å². The van der Waals surface area contributed by atoms with Crippen LogP contribution in [0.25, 0.3) is 39.2 Å². The van der Waals surface area contributed by atoms with Gasteiger partial charge in [0.05, 0.1) is 16.7 Å². The molecule has 0 aliphatic heterocycles.